The number of pyridine rings is 1. The molecule has 0 radical (unpaired) electrons. The number of nitrogens with zero attached hydrogens (tertiary/aromatic N) is 4. The van der Waals surface area contributed by atoms with E-state index in [1.165, 1.54) is 28.7 Å². The summed E-state index contributed by atoms with van der Waals surface area (Å²) < 4.78 is 11.1. The van der Waals surface area contributed by atoms with Crippen LogP contribution in [-0.2, 0) is 19.1 Å². The summed E-state index contributed by atoms with van der Waals surface area (Å²) >= 11 is 0. The van der Waals surface area contributed by atoms with Crippen LogP contribution in [0.25, 0.3) is 10.9 Å². The molecule has 4 amide bonds. The van der Waals surface area contributed by atoms with Crippen LogP contribution in [0.3, 0.4) is 0 Å². The third-order valence-corrected chi connectivity index (χ3v) is 9.19. The number of piperazine rings is 1. The van der Waals surface area contributed by atoms with Crippen molar-refractivity contribution in [3.63, 3.8) is 0 Å². The number of ether oxygens (including phenoxy) is 2. The van der Waals surface area contributed by atoms with Crippen LogP contribution in [0.1, 0.15) is 68.8 Å². The summed E-state index contributed by atoms with van der Waals surface area (Å²) in [5.41, 5.74) is 0.456. The first-order chi connectivity index (χ1) is 22.2. The SMILES string of the molecule is CCOC(=O)N1CCN(C(=O)[C@H](CCC(=O)O)NC(=O)c2cc(OCC(=O)N3CCCC3C3CCCC3)c3ccccc3n2)CC1. The largest absolute Gasteiger partial charge is 0.483 e. The van der Waals surface area contributed by atoms with Crippen molar-refractivity contribution in [1.29, 1.82) is 0 Å². The normalized spacial score (nSPS) is 19.2. The summed E-state index contributed by atoms with van der Waals surface area (Å²) in [6.07, 6.45) is 5.82. The van der Waals surface area contributed by atoms with Gasteiger partial charge in [-0.1, -0.05) is 25.0 Å². The standard InChI is InChI=1S/C33H43N5O8/c1-2-45-33(44)37-18-16-36(17-19-37)32(43)25(13-14-30(40)41)35-31(42)26-20-28(23-10-5-6-11-24(23)34-26)46-21-29(39)38-15-7-12-27(38)22-8-3-4-9-22/h5-6,10-11,20,22,25,27H,2-4,7-9,12-19,21H2,1H3,(H,35,42)(H,40,41)/t25-,27?/m0/s1. The van der Waals surface area contributed by atoms with Crippen LogP contribution in [0.15, 0.2) is 30.3 Å². The molecule has 2 saturated heterocycles. The number of rotatable bonds is 11. The summed E-state index contributed by atoms with van der Waals surface area (Å²) in [5.74, 6) is -1.42. The quantitative estimate of drug-likeness (QED) is 0.378. The lowest BCUT2D eigenvalue weighted by atomic mass is 9.96. The van der Waals surface area contributed by atoms with Gasteiger partial charge < -0.3 is 34.6 Å². The number of likely N-dealkylation sites (tertiary alicyclic amines) is 1. The smallest absolute Gasteiger partial charge is 0.409 e. The maximum Gasteiger partial charge on any atom is 0.409 e. The van der Waals surface area contributed by atoms with Gasteiger partial charge in [-0.25, -0.2) is 9.78 Å². The van der Waals surface area contributed by atoms with Crippen LogP contribution in [-0.4, -0.2) is 113 Å². The zero-order valence-corrected chi connectivity index (χ0v) is 26.3. The Bertz CT molecular complexity index is 1440. The number of carboxylic acids is 1. The van der Waals surface area contributed by atoms with Crippen molar-refractivity contribution in [3.05, 3.63) is 36.0 Å². The van der Waals surface area contributed by atoms with Gasteiger partial charge in [-0.2, -0.15) is 0 Å². The maximum absolute atomic E-state index is 13.5. The maximum atomic E-state index is 13.5. The summed E-state index contributed by atoms with van der Waals surface area (Å²) in [6, 6.07) is 7.71. The van der Waals surface area contributed by atoms with E-state index < -0.39 is 29.9 Å². The molecule has 2 aromatic rings. The molecule has 46 heavy (non-hydrogen) atoms. The molecule has 13 heteroatoms. The van der Waals surface area contributed by atoms with E-state index in [0.717, 1.165) is 32.2 Å². The second kappa shape index (κ2) is 15.2. The molecule has 5 rings (SSSR count). The fourth-order valence-corrected chi connectivity index (χ4v) is 6.84. The lowest BCUT2D eigenvalue weighted by Crippen LogP contribution is -2.56. The van der Waals surface area contributed by atoms with E-state index in [9.17, 15) is 29.1 Å². The lowest BCUT2D eigenvalue weighted by molar-refractivity contribution is -0.138. The van der Waals surface area contributed by atoms with E-state index in [1.807, 2.05) is 11.0 Å². The molecule has 248 valence electrons. The highest BCUT2D eigenvalue weighted by molar-refractivity contribution is 5.99. The summed E-state index contributed by atoms with van der Waals surface area (Å²) in [6.45, 7) is 3.46. The van der Waals surface area contributed by atoms with Gasteiger partial charge in [0, 0.05) is 56.6 Å². The first-order valence-electron chi connectivity index (χ1n) is 16.3. The van der Waals surface area contributed by atoms with Gasteiger partial charge >= 0.3 is 12.1 Å². The van der Waals surface area contributed by atoms with Crippen LogP contribution in [0.5, 0.6) is 5.75 Å². The van der Waals surface area contributed by atoms with Gasteiger partial charge in [0.1, 0.15) is 17.5 Å². The van der Waals surface area contributed by atoms with Crippen molar-refractivity contribution < 1.29 is 38.6 Å². The third-order valence-electron chi connectivity index (χ3n) is 9.19. The minimum Gasteiger partial charge on any atom is -0.483 e. The Balaban J connectivity index is 1.28. The summed E-state index contributed by atoms with van der Waals surface area (Å²) in [4.78, 5) is 73.2. The number of aliphatic carboxylic acids is 1. The van der Waals surface area contributed by atoms with E-state index in [4.69, 9.17) is 9.47 Å². The van der Waals surface area contributed by atoms with Crippen molar-refractivity contribution in [3.8, 4) is 5.75 Å². The highest BCUT2D eigenvalue weighted by atomic mass is 16.6. The van der Waals surface area contributed by atoms with Crippen molar-refractivity contribution in [1.82, 2.24) is 25.0 Å². The van der Waals surface area contributed by atoms with Gasteiger partial charge in [-0.3, -0.25) is 19.2 Å². The molecule has 13 nitrogen and oxygen atoms in total. The molecule has 3 heterocycles. The van der Waals surface area contributed by atoms with Crippen LogP contribution in [0.4, 0.5) is 4.79 Å². The van der Waals surface area contributed by atoms with Crippen molar-refractivity contribution in [2.45, 2.75) is 70.4 Å². The zero-order valence-electron chi connectivity index (χ0n) is 26.3. The molecule has 0 bridgehead atoms. The Labute approximate surface area is 268 Å². The molecule has 3 aliphatic rings. The molecule has 2 aliphatic heterocycles. The predicted molar refractivity (Wildman–Crippen MR) is 167 cm³/mol. The number of nitrogens with one attached hydrogen (secondary N) is 1. The molecule has 3 fully saturated rings. The Kier molecular flexibility index (Phi) is 10.9. The van der Waals surface area contributed by atoms with Crippen LogP contribution in [0, 0.1) is 5.92 Å². The molecular weight excluding hydrogens is 594 g/mol. The average Bonchev–Trinajstić information content (AvgIpc) is 3.78. The number of hydrogen-bond donors (Lipinski definition) is 2. The minimum absolute atomic E-state index is 0.0218. The van der Waals surface area contributed by atoms with Gasteiger partial charge in [-0.15, -0.1) is 0 Å². The fourth-order valence-electron chi connectivity index (χ4n) is 6.84. The monoisotopic (exact) mass is 637 g/mol. The molecular formula is C33H43N5O8. The van der Waals surface area contributed by atoms with Gasteiger partial charge in [0.25, 0.3) is 11.8 Å². The van der Waals surface area contributed by atoms with Gasteiger partial charge in [0.05, 0.1) is 12.1 Å². The topological polar surface area (TPSA) is 159 Å². The van der Waals surface area contributed by atoms with Crippen molar-refractivity contribution in [2.75, 3.05) is 45.9 Å². The molecule has 2 atom stereocenters. The molecule has 1 aliphatic carbocycles. The minimum atomic E-state index is -1.13. The number of benzene rings is 1. The highest BCUT2D eigenvalue weighted by Gasteiger charge is 2.36. The predicted octanol–water partition coefficient (Wildman–Crippen LogP) is 3.06. The van der Waals surface area contributed by atoms with Crippen LogP contribution >= 0.6 is 0 Å². The van der Waals surface area contributed by atoms with Gasteiger partial charge in [0.2, 0.25) is 5.91 Å². The number of carbonyl (C=O) groups excluding carboxylic acids is 4. The van der Waals surface area contributed by atoms with Crippen LogP contribution < -0.4 is 10.1 Å². The number of aromatic nitrogens is 1. The van der Waals surface area contributed by atoms with E-state index in [-0.39, 0.29) is 69.9 Å². The summed E-state index contributed by atoms with van der Waals surface area (Å²) in [7, 11) is 0. The lowest BCUT2D eigenvalue weighted by Gasteiger charge is -2.35. The van der Waals surface area contributed by atoms with Crippen LogP contribution in [0.2, 0.25) is 0 Å². The molecule has 0 spiro atoms. The first kappa shape index (κ1) is 33.0. The molecule has 1 aromatic heterocycles. The Morgan fingerprint density at radius 2 is 1.70 bits per heavy atom. The third kappa shape index (κ3) is 7.86. The number of fused-ring (bicyclic) bond motifs is 1. The Morgan fingerprint density at radius 3 is 2.41 bits per heavy atom. The number of para-hydroxylation sites is 1. The highest BCUT2D eigenvalue weighted by Crippen LogP contribution is 2.35. The van der Waals surface area contributed by atoms with Gasteiger partial charge in [0.15, 0.2) is 6.61 Å². The van der Waals surface area contributed by atoms with E-state index in [0.29, 0.717) is 22.6 Å². The summed E-state index contributed by atoms with van der Waals surface area (Å²) in [5, 5.41) is 12.6. The molecule has 1 aromatic carbocycles. The zero-order chi connectivity index (χ0) is 32.6. The Hall–Kier alpha value is -4.42. The number of carboxylic acid groups (broad SMARTS) is 1. The Morgan fingerprint density at radius 1 is 0.978 bits per heavy atom. The van der Waals surface area contributed by atoms with E-state index in [1.54, 1.807) is 25.1 Å². The van der Waals surface area contributed by atoms with E-state index in [2.05, 4.69) is 10.3 Å². The molecule has 1 saturated carbocycles. The van der Waals surface area contributed by atoms with Crippen molar-refractivity contribution in [2.24, 2.45) is 5.92 Å². The first-order valence-corrected chi connectivity index (χ1v) is 16.3. The number of carbonyl (C=O) groups is 5. The van der Waals surface area contributed by atoms with E-state index >= 15 is 0 Å². The second-order valence-corrected chi connectivity index (χ2v) is 12.1. The fraction of sp³-hybridized carbons (Fsp3) is 0.576. The molecule has 1 unspecified atom stereocenters. The number of hydrogen-bond acceptors (Lipinski definition) is 8. The second-order valence-electron chi connectivity index (χ2n) is 12.1. The average molecular weight is 638 g/mol. The molecule has 2 N–H and O–H groups in total. The number of amides is 4. The van der Waals surface area contributed by atoms with Crippen molar-refractivity contribution >= 4 is 40.7 Å². The van der Waals surface area contributed by atoms with Gasteiger partial charge in [-0.05, 0) is 57.1 Å².